The van der Waals surface area contributed by atoms with Crippen LogP contribution in [-0.2, 0) is 0 Å². The van der Waals surface area contributed by atoms with Crippen LogP contribution in [-0.4, -0.2) is 0 Å². The van der Waals surface area contributed by atoms with Gasteiger partial charge in [-0.2, -0.15) is 0 Å². The highest BCUT2D eigenvalue weighted by atomic mass is 14.3. The lowest BCUT2D eigenvalue weighted by atomic mass is 9.74. The Hall–Kier alpha value is -0.520. The van der Waals surface area contributed by atoms with Crippen LogP contribution in [0.1, 0.15) is 46.0 Å². The van der Waals surface area contributed by atoms with Gasteiger partial charge < -0.3 is 0 Å². The summed E-state index contributed by atoms with van der Waals surface area (Å²) in [6.07, 6.45) is 11.5. The Bertz CT molecular complexity index is 243. The predicted molar refractivity (Wildman–Crippen MR) is 57.6 cm³/mol. The second kappa shape index (κ2) is 3.69. The molecule has 0 aliphatic heterocycles. The zero-order valence-corrected chi connectivity index (χ0v) is 8.84. The molecule has 2 aliphatic rings. The van der Waals surface area contributed by atoms with Gasteiger partial charge >= 0.3 is 0 Å². The monoisotopic (exact) mass is 176 g/mol. The molecule has 13 heavy (non-hydrogen) atoms. The molecule has 1 atom stereocenters. The summed E-state index contributed by atoms with van der Waals surface area (Å²) in [6.45, 7) is 4.75. The first kappa shape index (κ1) is 9.05. The molecule has 0 bridgehead atoms. The fraction of sp³-hybridized carbons (Fsp3) is 0.692. The molecule has 0 N–H and O–H groups in total. The fourth-order valence-corrected chi connectivity index (χ4v) is 2.82. The van der Waals surface area contributed by atoms with Gasteiger partial charge in [0.05, 0.1) is 0 Å². The van der Waals surface area contributed by atoms with E-state index in [0.29, 0.717) is 0 Å². The standard InChI is InChI=1S/C13H20/c1-10(2)12-9-5-7-11-6-3-4-8-13(11)12/h3,6,10,12H,4-5,7-9H2,1-2H3. The minimum absolute atomic E-state index is 0.844. The van der Waals surface area contributed by atoms with E-state index in [2.05, 4.69) is 26.0 Å². The largest absolute Gasteiger partial charge is 0.0839 e. The fourth-order valence-electron chi connectivity index (χ4n) is 2.82. The van der Waals surface area contributed by atoms with Gasteiger partial charge in [0, 0.05) is 0 Å². The maximum absolute atomic E-state index is 2.38. The van der Waals surface area contributed by atoms with E-state index in [1.54, 1.807) is 11.1 Å². The first-order chi connectivity index (χ1) is 6.29. The minimum Gasteiger partial charge on any atom is -0.0839 e. The van der Waals surface area contributed by atoms with Crippen LogP contribution in [0, 0.1) is 11.8 Å². The third-order valence-corrected chi connectivity index (χ3v) is 3.53. The van der Waals surface area contributed by atoms with Crippen LogP contribution in [0.5, 0.6) is 0 Å². The van der Waals surface area contributed by atoms with E-state index in [1.165, 1.54) is 32.1 Å². The summed E-state index contributed by atoms with van der Waals surface area (Å²) in [6, 6.07) is 0. The molecule has 0 amide bonds. The quantitative estimate of drug-likeness (QED) is 0.564. The van der Waals surface area contributed by atoms with Crippen molar-refractivity contribution in [3.05, 3.63) is 23.3 Å². The first-order valence-corrected chi connectivity index (χ1v) is 5.67. The number of hydrogen-bond donors (Lipinski definition) is 0. The van der Waals surface area contributed by atoms with E-state index >= 15 is 0 Å². The molecular weight excluding hydrogens is 156 g/mol. The minimum atomic E-state index is 0.844. The summed E-state index contributed by atoms with van der Waals surface area (Å²) >= 11 is 0. The van der Waals surface area contributed by atoms with Crippen LogP contribution in [0.2, 0.25) is 0 Å². The molecule has 0 saturated heterocycles. The van der Waals surface area contributed by atoms with E-state index in [-0.39, 0.29) is 0 Å². The zero-order valence-electron chi connectivity index (χ0n) is 8.84. The van der Waals surface area contributed by atoms with Gasteiger partial charge in [-0.15, -0.1) is 0 Å². The topological polar surface area (TPSA) is 0 Å². The third kappa shape index (κ3) is 1.72. The first-order valence-electron chi connectivity index (χ1n) is 5.67. The molecule has 2 aliphatic carbocycles. The summed E-state index contributed by atoms with van der Waals surface area (Å²) in [5, 5.41) is 0. The lowest BCUT2D eigenvalue weighted by Gasteiger charge is -2.32. The summed E-state index contributed by atoms with van der Waals surface area (Å²) in [4.78, 5) is 0. The van der Waals surface area contributed by atoms with Crippen LogP contribution in [0.25, 0.3) is 0 Å². The van der Waals surface area contributed by atoms with Crippen molar-refractivity contribution >= 4 is 0 Å². The molecule has 72 valence electrons. The molecule has 0 aromatic carbocycles. The van der Waals surface area contributed by atoms with Gasteiger partial charge in [-0.25, -0.2) is 0 Å². The Morgan fingerprint density at radius 1 is 1.31 bits per heavy atom. The van der Waals surface area contributed by atoms with Crippen molar-refractivity contribution in [1.82, 2.24) is 0 Å². The molecule has 0 nitrogen and oxygen atoms in total. The SMILES string of the molecule is CC(C)C1CCCC2=C1CCC=C2. The van der Waals surface area contributed by atoms with Gasteiger partial charge in [-0.1, -0.05) is 31.6 Å². The highest BCUT2D eigenvalue weighted by molar-refractivity contribution is 5.33. The van der Waals surface area contributed by atoms with Crippen molar-refractivity contribution in [1.29, 1.82) is 0 Å². The van der Waals surface area contributed by atoms with Crippen molar-refractivity contribution in [2.75, 3.05) is 0 Å². The molecule has 0 spiro atoms. The normalized spacial score (nSPS) is 28.1. The van der Waals surface area contributed by atoms with Gasteiger partial charge in [0.2, 0.25) is 0 Å². The van der Waals surface area contributed by atoms with Gasteiger partial charge in [0.25, 0.3) is 0 Å². The molecule has 2 rings (SSSR count). The third-order valence-electron chi connectivity index (χ3n) is 3.53. The average molecular weight is 176 g/mol. The van der Waals surface area contributed by atoms with Crippen molar-refractivity contribution in [2.45, 2.75) is 46.0 Å². The number of hydrogen-bond acceptors (Lipinski definition) is 0. The summed E-state index contributed by atoms with van der Waals surface area (Å²) in [7, 11) is 0. The van der Waals surface area contributed by atoms with Crippen LogP contribution in [0.15, 0.2) is 23.3 Å². The Balaban J connectivity index is 2.25. The maximum Gasteiger partial charge on any atom is -0.0174 e. The van der Waals surface area contributed by atoms with Crippen LogP contribution in [0.3, 0.4) is 0 Å². The van der Waals surface area contributed by atoms with Crippen molar-refractivity contribution < 1.29 is 0 Å². The number of allylic oxidation sites excluding steroid dienone is 4. The van der Waals surface area contributed by atoms with E-state index in [0.717, 1.165) is 11.8 Å². The highest BCUT2D eigenvalue weighted by Gasteiger charge is 2.24. The Morgan fingerprint density at radius 2 is 2.15 bits per heavy atom. The average Bonchev–Trinajstić information content (AvgIpc) is 2.17. The van der Waals surface area contributed by atoms with Gasteiger partial charge in [-0.05, 0) is 49.5 Å². The van der Waals surface area contributed by atoms with E-state index in [1.807, 2.05) is 0 Å². The smallest absolute Gasteiger partial charge is 0.0174 e. The molecule has 0 aromatic rings. The Labute approximate surface area is 81.7 Å². The van der Waals surface area contributed by atoms with E-state index in [4.69, 9.17) is 0 Å². The van der Waals surface area contributed by atoms with Gasteiger partial charge in [0.15, 0.2) is 0 Å². The van der Waals surface area contributed by atoms with E-state index < -0.39 is 0 Å². The number of rotatable bonds is 1. The zero-order chi connectivity index (χ0) is 9.26. The summed E-state index contributed by atoms with van der Waals surface area (Å²) in [5.41, 5.74) is 3.47. The summed E-state index contributed by atoms with van der Waals surface area (Å²) in [5.74, 6) is 1.74. The predicted octanol–water partition coefficient (Wildman–Crippen LogP) is 4.09. The molecule has 0 saturated carbocycles. The van der Waals surface area contributed by atoms with Crippen LogP contribution in [0.4, 0.5) is 0 Å². The van der Waals surface area contributed by atoms with Crippen molar-refractivity contribution in [2.24, 2.45) is 11.8 Å². The highest BCUT2D eigenvalue weighted by Crippen LogP contribution is 2.39. The second-order valence-electron chi connectivity index (χ2n) is 4.73. The Morgan fingerprint density at radius 3 is 2.92 bits per heavy atom. The molecule has 0 heterocycles. The molecule has 0 heteroatoms. The molecule has 0 radical (unpaired) electrons. The van der Waals surface area contributed by atoms with Gasteiger partial charge in [-0.3, -0.25) is 0 Å². The molecule has 1 unspecified atom stereocenters. The van der Waals surface area contributed by atoms with Crippen LogP contribution >= 0.6 is 0 Å². The maximum atomic E-state index is 2.38. The lowest BCUT2D eigenvalue weighted by molar-refractivity contribution is 0.373. The Kier molecular flexibility index (Phi) is 2.57. The van der Waals surface area contributed by atoms with Gasteiger partial charge in [0.1, 0.15) is 0 Å². The van der Waals surface area contributed by atoms with E-state index in [9.17, 15) is 0 Å². The molecule has 0 fully saturated rings. The molecular formula is C13H20. The summed E-state index contributed by atoms with van der Waals surface area (Å²) < 4.78 is 0. The molecule has 0 aromatic heterocycles. The van der Waals surface area contributed by atoms with Crippen molar-refractivity contribution in [3.8, 4) is 0 Å². The van der Waals surface area contributed by atoms with Crippen molar-refractivity contribution in [3.63, 3.8) is 0 Å². The second-order valence-corrected chi connectivity index (χ2v) is 4.73. The lowest BCUT2D eigenvalue weighted by Crippen LogP contribution is -2.18. The van der Waals surface area contributed by atoms with Crippen LogP contribution < -0.4 is 0 Å².